The monoisotopic (exact) mass is 249 g/mol. The Labute approximate surface area is 109 Å². The maximum Gasteiger partial charge on any atom is 0.252 e. The second-order valence-corrected chi connectivity index (χ2v) is 4.89. The second-order valence-electron chi connectivity index (χ2n) is 4.89. The lowest BCUT2D eigenvalue weighted by atomic mass is 9.98. The Morgan fingerprint density at radius 2 is 2.06 bits per heavy atom. The molecule has 0 aliphatic heterocycles. The summed E-state index contributed by atoms with van der Waals surface area (Å²) < 4.78 is 0. The molecule has 0 aromatic carbocycles. The van der Waals surface area contributed by atoms with Gasteiger partial charge in [0.2, 0.25) is 0 Å². The first-order chi connectivity index (χ1) is 8.54. The zero-order valence-electron chi connectivity index (χ0n) is 11.7. The smallest absolute Gasteiger partial charge is 0.252 e. The Kier molecular flexibility index (Phi) is 5.62. The first-order valence-corrected chi connectivity index (χ1v) is 6.52. The molecule has 1 atom stereocenters. The minimum Gasteiger partial charge on any atom is -0.370 e. The van der Waals surface area contributed by atoms with Gasteiger partial charge in [-0.25, -0.2) is 4.98 Å². The highest BCUT2D eigenvalue weighted by Crippen LogP contribution is 2.09. The van der Waals surface area contributed by atoms with E-state index in [1.54, 1.807) is 12.3 Å². The number of anilines is 1. The van der Waals surface area contributed by atoms with Crippen LogP contribution in [0.1, 0.15) is 38.1 Å². The fourth-order valence-corrected chi connectivity index (χ4v) is 1.41. The van der Waals surface area contributed by atoms with Crippen molar-refractivity contribution < 1.29 is 4.79 Å². The van der Waals surface area contributed by atoms with Crippen LogP contribution in [0.3, 0.4) is 0 Å². The summed E-state index contributed by atoms with van der Waals surface area (Å²) in [4.78, 5) is 16.0. The average Bonchev–Trinajstić information content (AvgIpc) is 2.36. The van der Waals surface area contributed by atoms with Gasteiger partial charge in [-0.3, -0.25) is 4.79 Å². The predicted octanol–water partition coefficient (Wildman–Crippen LogP) is 2.54. The van der Waals surface area contributed by atoms with E-state index >= 15 is 0 Å². The van der Waals surface area contributed by atoms with E-state index in [1.165, 1.54) is 0 Å². The van der Waals surface area contributed by atoms with Crippen LogP contribution < -0.4 is 10.6 Å². The molecule has 2 N–H and O–H groups in total. The molecular formula is C14H23N3O. The van der Waals surface area contributed by atoms with E-state index in [9.17, 15) is 4.79 Å². The number of hydrogen-bond donors (Lipinski definition) is 2. The molecule has 1 rings (SSSR count). The van der Waals surface area contributed by atoms with Crippen molar-refractivity contribution in [3.63, 3.8) is 0 Å². The minimum atomic E-state index is -0.0574. The fraction of sp³-hybridized carbons (Fsp3) is 0.571. The topological polar surface area (TPSA) is 54.0 Å². The fourth-order valence-electron chi connectivity index (χ4n) is 1.41. The number of hydrogen-bond acceptors (Lipinski definition) is 3. The van der Waals surface area contributed by atoms with E-state index in [1.807, 2.05) is 13.0 Å². The summed E-state index contributed by atoms with van der Waals surface area (Å²) in [5, 5.41) is 6.03. The van der Waals surface area contributed by atoms with Gasteiger partial charge in [0.1, 0.15) is 5.82 Å². The normalized spacial score (nSPS) is 12.3. The molecule has 1 aromatic rings. The van der Waals surface area contributed by atoms with Gasteiger partial charge in [0, 0.05) is 19.3 Å². The number of nitrogens with zero attached hydrogens (tertiary/aromatic N) is 1. The van der Waals surface area contributed by atoms with Crippen molar-refractivity contribution in [3.8, 4) is 0 Å². The molecule has 1 aromatic heterocycles. The zero-order chi connectivity index (χ0) is 13.5. The Morgan fingerprint density at radius 3 is 2.56 bits per heavy atom. The average molecular weight is 249 g/mol. The molecule has 1 unspecified atom stereocenters. The van der Waals surface area contributed by atoms with Crippen molar-refractivity contribution >= 4 is 11.7 Å². The third-order valence-electron chi connectivity index (χ3n) is 3.11. The first kappa shape index (κ1) is 14.5. The summed E-state index contributed by atoms with van der Waals surface area (Å²) >= 11 is 0. The summed E-state index contributed by atoms with van der Waals surface area (Å²) in [6.07, 6.45) is 1.60. The number of nitrogens with one attached hydrogen (secondary N) is 2. The van der Waals surface area contributed by atoms with Gasteiger partial charge < -0.3 is 10.6 Å². The van der Waals surface area contributed by atoms with Crippen LogP contribution in [0.25, 0.3) is 0 Å². The highest BCUT2D eigenvalue weighted by atomic mass is 16.1. The number of carbonyl (C=O) groups excluding carboxylic acids is 1. The zero-order valence-corrected chi connectivity index (χ0v) is 11.7. The highest BCUT2D eigenvalue weighted by molar-refractivity contribution is 5.94. The van der Waals surface area contributed by atoms with Crippen LogP contribution in [0.4, 0.5) is 5.82 Å². The number of pyridine rings is 1. The molecule has 0 fully saturated rings. The van der Waals surface area contributed by atoms with Gasteiger partial charge in [0.25, 0.3) is 5.91 Å². The van der Waals surface area contributed by atoms with Gasteiger partial charge in [-0.1, -0.05) is 20.8 Å². The van der Waals surface area contributed by atoms with Crippen LogP contribution in [-0.4, -0.2) is 24.0 Å². The predicted molar refractivity (Wildman–Crippen MR) is 74.7 cm³/mol. The molecule has 0 saturated heterocycles. The molecule has 0 saturated carbocycles. The van der Waals surface area contributed by atoms with Crippen LogP contribution in [0, 0.1) is 11.8 Å². The lowest BCUT2D eigenvalue weighted by molar-refractivity contribution is 0.0944. The third kappa shape index (κ3) is 4.35. The molecule has 0 spiro atoms. The van der Waals surface area contributed by atoms with Crippen molar-refractivity contribution in [2.45, 2.75) is 27.7 Å². The molecular weight excluding hydrogens is 226 g/mol. The summed E-state index contributed by atoms with van der Waals surface area (Å²) in [6.45, 7) is 9.98. The van der Waals surface area contributed by atoms with Gasteiger partial charge in [0.15, 0.2) is 0 Å². The third-order valence-corrected chi connectivity index (χ3v) is 3.11. The summed E-state index contributed by atoms with van der Waals surface area (Å²) in [6, 6.07) is 3.62. The molecule has 4 heteroatoms. The van der Waals surface area contributed by atoms with Crippen LogP contribution in [0.15, 0.2) is 18.3 Å². The summed E-state index contributed by atoms with van der Waals surface area (Å²) in [5.74, 6) is 1.78. The van der Waals surface area contributed by atoms with E-state index in [0.29, 0.717) is 23.9 Å². The van der Waals surface area contributed by atoms with Gasteiger partial charge in [-0.05, 0) is 30.9 Å². The Bertz CT molecular complexity index is 373. The van der Waals surface area contributed by atoms with E-state index in [0.717, 1.165) is 12.4 Å². The van der Waals surface area contributed by atoms with Crippen molar-refractivity contribution in [2.24, 2.45) is 11.8 Å². The molecule has 100 valence electrons. The second kappa shape index (κ2) is 6.99. The van der Waals surface area contributed by atoms with Gasteiger partial charge in [0.05, 0.1) is 5.56 Å². The lowest BCUT2D eigenvalue weighted by Crippen LogP contribution is -2.30. The van der Waals surface area contributed by atoms with E-state index < -0.39 is 0 Å². The van der Waals surface area contributed by atoms with Gasteiger partial charge >= 0.3 is 0 Å². The summed E-state index contributed by atoms with van der Waals surface area (Å²) in [5.41, 5.74) is 0.604. The highest BCUT2D eigenvalue weighted by Gasteiger charge is 2.10. The van der Waals surface area contributed by atoms with Crippen molar-refractivity contribution in [2.75, 3.05) is 18.4 Å². The molecule has 0 bridgehead atoms. The number of carbonyl (C=O) groups is 1. The van der Waals surface area contributed by atoms with Crippen LogP contribution in [0.5, 0.6) is 0 Å². The Hall–Kier alpha value is -1.58. The molecule has 18 heavy (non-hydrogen) atoms. The maximum atomic E-state index is 11.9. The van der Waals surface area contributed by atoms with Crippen molar-refractivity contribution in [1.29, 1.82) is 0 Å². The largest absolute Gasteiger partial charge is 0.370 e. The number of aromatic nitrogens is 1. The summed E-state index contributed by atoms with van der Waals surface area (Å²) in [7, 11) is 0. The molecule has 0 aliphatic carbocycles. The van der Waals surface area contributed by atoms with E-state index in [2.05, 4.69) is 36.4 Å². The Balaban J connectivity index is 2.51. The van der Waals surface area contributed by atoms with Crippen molar-refractivity contribution in [3.05, 3.63) is 23.9 Å². The molecule has 1 amide bonds. The van der Waals surface area contributed by atoms with Crippen molar-refractivity contribution in [1.82, 2.24) is 10.3 Å². The SMILES string of the molecule is CCNc1ccc(C(=O)NCC(C)C(C)C)cn1. The maximum absolute atomic E-state index is 11.9. The molecule has 1 heterocycles. The quantitative estimate of drug-likeness (QED) is 0.814. The molecule has 0 aliphatic rings. The standard InChI is InChI=1S/C14H23N3O/c1-5-15-13-7-6-12(9-16-13)14(18)17-8-11(4)10(2)3/h6-7,9-11H,5,8H2,1-4H3,(H,15,16)(H,17,18). The Morgan fingerprint density at radius 1 is 1.33 bits per heavy atom. The van der Waals surface area contributed by atoms with Crippen LogP contribution in [0.2, 0.25) is 0 Å². The lowest BCUT2D eigenvalue weighted by Gasteiger charge is -2.16. The van der Waals surface area contributed by atoms with Crippen LogP contribution in [-0.2, 0) is 0 Å². The van der Waals surface area contributed by atoms with E-state index in [-0.39, 0.29) is 5.91 Å². The molecule has 0 radical (unpaired) electrons. The first-order valence-electron chi connectivity index (χ1n) is 6.52. The van der Waals surface area contributed by atoms with Gasteiger partial charge in [-0.2, -0.15) is 0 Å². The molecule has 4 nitrogen and oxygen atoms in total. The van der Waals surface area contributed by atoms with Crippen LogP contribution >= 0.6 is 0 Å². The number of amides is 1. The number of rotatable bonds is 6. The van der Waals surface area contributed by atoms with E-state index in [4.69, 9.17) is 0 Å². The van der Waals surface area contributed by atoms with Gasteiger partial charge in [-0.15, -0.1) is 0 Å². The minimum absolute atomic E-state index is 0.0574.